The number of hydrogen-bond donors (Lipinski definition) is 0. The van der Waals surface area contributed by atoms with Gasteiger partial charge in [-0.25, -0.2) is 8.42 Å². The van der Waals surface area contributed by atoms with Crippen molar-refractivity contribution in [2.75, 3.05) is 5.75 Å². The minimum atomic E-state index is -3.25. The van der Waals surface area contributed by atoms with Gasteiger partial charge < -0.3 is 4.90 Å². The van der Waals surface area contributed by atoms with Gasteiger partial charge in [-0.15, -0.1) is 0 Å². The molecule has 2 heterocycles. The fraction of sp³-hybridized carbons (Fsp3) is 0.429. The first-order chi connectivity index (χ1) is 9.40. The molecule has 0 aromatic heterocycles. The van der Waals surface area contributed by atoms with Crippen LogP contribution in [0, 0.1) is 0 Å². The molecule has 2 fully saturated rings. The van der Waals surface area contributed by atoms with E-state index in [1.807, 2.05) is 12.1 Å². The summed E-state index contributed by atoms with van der Waals surface area (Å²) < 4.78 is 23.4. The van der Waals surface area contributed by atoms with E-state index in [1.165, 1.54) is 6.92 Å². The van der Waals surface area contributed by atoms with Crippen LogP contribution < -0.4 is 0 Å². The zero-order chi connectivity index (χ0) is 14.5. The van der Waals surface area contributed by atoms with E-state index in [1.54, 1.807) is 17.0 Å². The monoisotopic (exact) mass is 293 g/mol. The van der Waals surface area contributed by atoms with E-state index in [-0.39, 0.29) is 23.5 Å². The lowest BCUT2D eigenvalue weighted by Gasteiger charge is -2.27. The van der Waals surface area contributed by atoms with Gasteiger partial charge in [0.1, 0.15) is 5.25 Å². The first-order valence-corrected chi connectivity index (χ1v) is 8.22. The molecule has 1 amide bonds. The van der Waals surface area contributed by atoms with E-state index >= 15 is 0 Å². The SMILES string of the molecule is CC(=O)c1ccccc1CN1C(=O)C2CC1CS2(=O)=O. The number of carbonyl (C=O) groups excluding carboxylic acids is 2. The minimum Gasteiger partial charge on any atom is -0.333 e. The lowest BCUT2D eigenvalue weighted by Crippen LogP contribution is -2.44. The summed E-state index contributed by atoms with van der Waals surface area (Å²) in [5.74, 6) is -0.323. The van der Waals surface area contributed by atoms with Gasteiger partial charge in [0.2, 0.25) is 5.91 Å². The molecule has 0 N–H and O–H groups in total. The van der Waals surface area contributed by atoms with Crippen molar-refractivity contribution >= 4 is 21.5 Å². The van der Waals surface area contributed by atoms with E-state index in [4.69, 9.17) is 0 Å². The summed E-state index contributed by atoms with van der Waals surface area (Å²) >= 11 is 0. The predicted octanol–water partition coefficient (Wildman–Crippen LogP) is 0.787. The molecule has 20 heavy (non-hydrogen) atoms. The Kier molecular flexibility index (Phi) is 2.93. The molecule has 3 rings (SSSR count). The Morgan fingerprint density at radius 1 is 1.35 bits per heavy atom. The lowest BCUT2D eigenvalue weighted by molar-refractivity contribution is -0.129. The van der Waals surface area contributed by atoms with E-state index in [0.717, 1.165) is 5.56 Å². The van der Waals surface area contributed by atoms with Crippen LogP contribution in [0.25, 0.3) is 0 Å². The molecule has 0 radical (unpaired) electrons. The van der Waals surface area contributed by atoms with Crippen LogP contribution >= 0.6 is 0 Å². The maximum absolute atomic E-state index is 12.1. The molecule has 2 atom stereocenters. The molecule has 1 aromatic carbocycles. The van der Waals surface area contributed by atoms with Gasteiger partial charge in [-0.3, -0.25) is 9.59 Å². The second-order valence-electron chi connectivity index (χ2n) is 5.39. The lowest BCUT2D eigenvalue weighted by atomic mass is 10.0. The molecule has 2 aliphatic heterocycles. The Bertz CT molecular complexity index is 695. The summed E-state index contributed by atoms with van der Waals surface area (Å²) in [7, 11) is -3.25. The number of ketones is 1. The molecule has 0 spiro atoms. The van der Waals surface area contributed by atoms with E-state index in [9.17, 15) is 18.0 Å². The number of carbonyl (C=O) groups is 2. The van der Waals surface area contributed by atoms with Crippen LogP contribution in [0.15, 0.2) is 24.3 Å². The number of rotatable bonds is 3. The summed E-state index contributed by atoms with van der Waals surface area (Å²) in [6.07, 6.45) is 0.392. The predicted molar refractivity (Wildman–Crippen MR) is 73.0 cm³/mol. The van der Waals surface area contributed by atoms with E-state index in [0.29, 0.717) is 18.5 Å². The van der Waals surface area contributed by atoms with Crippen LogP contribution in [0.4, 0.5) is 0 Å². The topological polar surface area (TPSA) is 71.5 Å². The highest BCUT2D eigenvalue weighted by atomic mass is 32.2. The van der Waals surface area contributed by atoms with Crippen LogP contribution in [0.3, 0.4) is 0 Å². The van der Waals surface area contributed by atoms with Crippen LogP contribution in [0.1, 0.15) is 29.3 Å². The first-order valence-electron chi connectivity index (χ1n) is 6.51. The molecule has 2 saturated heterocycles. The number of hydrogen-bond acceptors (Lipinski definition) is 4. The normalized spacial score (nSPS) is 27.1. The molecule has 2 unspecified atom stereocenters. The van der Waals surface area contributed by atoms with Gasteiger partial charge in [-0.2, -0.15) is 0 Å². The number of amides is 1. The van der Waals surface area contributed by atoms with Gasteiger partial charge in [0.05, 0.1) is 5.75 Å². The van der Waals surface area contributed by atoms with Gasteiger partial charge >= 0.3 is 0 Å². The van der Waals surface area contributed by atoms with Crippen molar-refractivity contribution in [3.8, 4) is 0 Å². The Hall–Kier alpha value is -1.69. The molecule has 106 valence electrons. The number of nitrogens with zero attached hydrogens (tertiary/aromatic N) is 1. The van der Waals surface area contributed by atoms with Gasteiger partial charge in [0.15, 0.2) is 15.6 Å². The third-order valence-corrected chi connectivity index (χ3v) is 6.19. The maximum atomic E-state index is 12.1. The zero-order valence-electron chi connectivity index (χ0n) is 11.1. The summed E-state index contributed by atoms with van der Waals surface area (Å²) in [6.45, 7) is 1.80. The van der Waals surface area contributed by atoms with Crippen molar-refractivity contribution in [1.29, 1.82) is 0 Å². The highest BCUT2D eigenvalue weighted by Crippen LogP contribution is 2.35. The van der Waals surface area contributed by atoms with E-state index < -0.39 is 15.1 Å². The quantitative estimate of drug-likeness (QED) is 0.772. The molecular formula is C14H15NO4S. The Balaban J connectivity index is 1.88. The molecule has 6 heteroatoms. The summed E-state index contributed by atoms with van der Waals surface area (Å²) in [4.78, 5) is 25.3. The number of Topliss-reactive ketones (excluding diaryl/α,β-unsaturated/α-hetero) is 1. The standard InChI is InChI=1S/C14H15NO4S/c1-9(16)12-5-3-2-4-10(12)7-15-11-6-13(14(15)17)20(18,19)8-11/h2-5,11,13H,6-8H2,1H3. The third-order valence-electron chi connectivity index (χ3n) is 4.08. The van der Waals surface area contributed by atoms with Gasteiger partial charge in [-0.05, 0) is 18.9 Å². The Morgan fingerprint density at radius 3 is 2.65 bits per heavy atom. The zero-order valence-corrected chi connectivity index (χ0v) is 11.9. The molecule has 0 saturated carbocycles. The summed E-state index contributed by atoms with van der Waals surface area (Å²) in [5, 5.41) is -0.864. The summed E-state index contributed by atoms with van der Waals surface area (Å²) in [6, 6.07) is 6.90. The van der Waals surface area contributed by atoms with Crippen molar-refractivity contribution in [3.05, 3.63) is 35.4 Å². The fourth-order valence-electron chi connectivity index (χ4n) is 3.07. The number of fused-ring (bicyclic) bond motifs is 2. The first kappa shape index (κ1) is 13.3. The van der Waals surface area contributed by atoms with Crippen molar-refractivity contribution in [1.82, 2.24) is 4.90 Å². The molecular weight excluding hydrogens is 278 g/mol. The molecule has 2 aliphatic rings. The van der Waals surface area contributed by atoms with Gasteiger partial charge in [0.25, 0.3) is 0 Å². The van der Waals surface area contributed by atoms with Crippen molar-refractivity contribution in [2.45, 2.75) is 31.2 Å². The maximum Gasteiger partial charge on any atom is 0.241 e. The number of likely N-dealkylation sites (tertiary alicyclic amines) is 1. The second kappa shape index (κ2) is 4.41. The van der Waals surface area contributed by atoms with Crippen LogP contribution in [0.2, 0.25) is 0 Å². The largest absolute Gasteiger partial charge is 0.333 e. The van der Waals surface area contributed by atoms with Crippen molar-refractivity contribution in [2.24, 2.45) is 0 Å². The van der Waals surface area contributed by atoms with Crippen LogP contribution in [0.5, 0.6) is 0 Å². The Labute approximate surface area is 117 Å². The highest BCUT2D eigenvalue weighted by molar-refractivity contribution is 7.93. The van der Waals surface area contributed by atoms with Crippen LogP contribution in [-0.2, 0) is 21.2 Å². The van der Waals surface area contributed by atoms with Crippen LogP contribution in [-0.4, -0.2) is 42.1 Å². The van der Waals surface area contributed by atoms with Gasteiger partial charge in [-0.1, -0.05) is 24.3 Å². The molecule has 0 aliphatic carbocycles. The third kappa shape index (κ3) is 1.95. The number of sulfone groups is 1. The molecule has 2 bridgehead atoms. The van der Waals surface area contributed by atoms with Gasteiger partial charge in [0, 0.05) is 18.2 Å². The smallest absolute Gasteiger partial charge is 0.241 e. The Morgan fingerprint density at radius 2 is 2.05 bits per heavy atom. The average molecular weight is 293 g/mol. The minimum absolute atomic E-state index is 0.0473. The summed E-state index contributed by atoms with van der Waals surface area (Å²) in [5.41, 5.74) is 1.37. The fourth-order valence-corrected chi connectivity index (χ4v) is 5.12. The van der Waals surface area contributed by atoms with Crippen molar-refractivity contribution in [3.63, 3.8) is 0 Å². The highest BCUT2D eigenvalue weighted by Gasteiger charge is 2.54. The average Bonchev–Trinajstić information content (AvgIpc) is 2.85. The molecule has 1 aromatic rings. The van der Waals surface area contributed by atoms with Crippen molar-refractivity contribution < 1.29 is 18.0 Å². The second-order valence-corrected chi connectivity index (χ2v) is 7.62. The number of benzene rings is 1. The molecule has 5 nitrogen and oxygen atoms in total. The van der Waals surface area contributed by atoms with E-state index in [2.05, 4.69) is 0 Å².